The molecule has 0 bridgehead atoms. The van der Waals surface area contributed by atoms with E-state index in [1.54, 1.807) is 0 Å². The number of hydrogen-bond acceptors (Lipinski definition) is 12. The number of hydrogen-bond donors (Lipinski definition) is 10. The van der Waals surface area contributed by atoms with E-state index in [9.17, 15) is 58.5 Å². The number of amides is 8. The number of aliphatic hydroxyl groups is 1. The van der Waals surface area contributed by atoms with E-state index in [2.05, 4.69) is 21.3 Å². The molecule has 1 aromatic rings. The molecule has 13 N–H and O–H groups in total. The van der Waals surface area contributed by atoms with Crippen LogP contribution < -0.4 is 38.5 Å². The van der Waals surface area contributed by atoms with Gasteiger partial charge >= 0.3 is 5.97 Å². The number of likely N-dealkylation sites (tertiary alicyclic amines) is 2. The first-order chi connectivity index (χ1) is 27.8. The predicted octanol–water partition coefficient (Wildman–Crippen LogP) is -3.16. The molecule has 2 aliphatic rings. The maximum atomic E-state index is 14.0. The van der Waals surface area contributed by atoms with Crippen molar-refractivity contribution in [1.82, 2.24) is 31.1 Å². The van der Waals surface area contributed by atoms with Gasteiger partial charge in [0.2, 0.25) is 47.3 Å². The molecule has 0 saturated carbocycles. The number of primary amides is 2. The SMILES string of the molecule is CC(C)C[C@H](NC(=O)[C@@H](N)CCC(N)=O)C(=O)N1CCC[C@H]1C(=O)N[C@@H](Cc1ccc(O)cc1)C(=O)N[C@@H](CO)C(=O)N[C@@H](CCC(N)=O)C(=O)N1CCC[C@H]1C(=O)O. The van der Waals surface area contributed by atoms with Gasteiger partial charge in [0.1, 0.15) is 42.0 Å². The summed E-state index contributed by atoms with van der Waals surface area (Å²) in [6.45, 7) is 2.93. The molecule has 8 amide bonds. The summed E-state index contributed by atoms with van der Waals surface area (Å²) in [7, 11) is 0. The molecule has 326 valence electrons. The van der Waals surface area contributed by atoms with Crippen LogP contribution in [-0.2, 0) is 49.6 Å². The Hall–Kier alpha value is -5.83. The van der Waals surface area contributed by atoms with Crippen LogP contribution in [0.15, 0.2) is 24.3 Å². The minimum absolute atomic E-state index is 0.0401. The number of aliphatic hydroxyl groups excluding tert-OH is 1. The summed E-state index contributed by atoms with van der Waals surface area (Å²) in [6.07, 6.45) is 0.362. The van der Waals surface area contributed by atoms with Gasteiger partial charge in [-0.1, -0.05) is 26.0 Å². The van der Waals surface area contributed by atoms with Crippen molar-refractivity contribution >= 4 is 53.2 Å². The van der Waals surface area contributed by atoms with Crippen LogP contribution >= 0.6 is 0 Å². The van der Waals surface area contributed by atoms with Crippen molar-refractivity contribution in [3.8, 4) is 5.75 Å². The lowest BCUT2D eigenvalue weighted by Crippen LogP contribution is -2.60. The Morgan fingerprint density at radius 3 is 1.78 bits per heavy atom. The van der Waals surface area contributed by atoms with Crippen LogP contribution in [0.1, 0.15) is 77.2 Å². The summed E-state index contributed by atoms with van der Waals surface area (Å²) in [4.78, 5) is 119. The molecule has 0 spiro atoms. The van der Waals surface area contributed by atoms with Gasteiger partial charge in [-0.3, -0.25) is 38.4 Å². The zero-order valence-electron chi connectivity index (χ0n) is 33.3. The van der Waals surface area contributed by atoms with Crippen LogP contribution in [0.2, 0.25) is 0 Å². The summed E-state index contributed by atoms with van der Waals surface area (Å²) in [5, 5.41) is 39.7. The highest BCUT2D eigenvalue weighted by atomic mass is 16.4. The second kappa shape index (κ2) is 22.4. The Labute approximate surface area is 341 Å². The quantitative estimate of drug-likeness (QED) is 0.0552. The van der Waals surface area contributed by atoms with E-state index >= 15 is 0 Å². The molecule has 0 unspecified atom stereocenters. The molecule has 7 atom stereocenters. The average molecular weight is 832 g/mol. The number of carbonyl (C=O) groups is 9. The number of phenols is 1. The van der Waals surface area contributed by atoms with Crippen molar-refractivity contribution < 1.29 is 58.5 Å². The van der Waals surface area contributed by atoms with Crippen molar-refractivity contribution in [1.29, 1.82) is 0 Å². The van der Waals surface area contributed by atoms with Crippen molar-refractivity contribution in [2.24, 2.45) is 23.1 Å². The van der Waals surface area contributed by atoms with E-state index in [0.717, 1.165) is 4.90 Å². The second-order valence-electron chi connectivity index (χ2n) is 15.3. The Morgan fingerprint density at radius 1 is 0.712 bits per heavy atom. The monoisotopic (exact) mass is 831 g/mol. The van der Waals surface area contributed by atoms with Gasteiger partial charge in [0.15, 0.2) is 0 Å². The number of aliphatic carboxylic acids is 1. The number of nitrogens with one attached hydrogen (secondary N) is 4. The molecular formula is C38H57N9O12. The Morgan fingerprint density at radius 2 is 1.22 bits per heavy atom. The lowest BCUT2D eigenvalue weighted by atomic mass is 10.0. The summed E-state index contributed by atoms with van der Waals surface area (Å²) in [5.41, 5.74) is 16.9. The van der Waals surface area contributed by atoms with Crippen molar-refractivity contribution in [2.45, 2.75) is 120 Å². The van der Waals surface area contributed by atoms with E-state index in [1.807, 2.05) is 13.8 Å². The molecule has 2 fully saturated rings. The fourth-order valence-corrected chi connectivity index (χ4v) is 7.02. The van der Waals surface area contributed by atoms with Crippen molar-refractivity contribution in [3.05, 3.63) is 29.8 Å². The highest BCUT2D eigenvalue weighted by molar-refractivity contribution is 5.97. The second-order valence-corrected chi connectivity index (χ2v) is 15.3. The smallest absolute Gasteiger partial charge is 0.326 e. The van der Waals surface area contributed by atoms with Gasteiger partial charge in [0.05, 0.1) is 12.6 Å². The number of nitrogens with two attached hydrogens (primary N) is 3. The van der Waals surface area contributed by atoms with Crippen LogP contribution in [0.5, 0.6) is 5.75 Å². The average Bonchev–Trinajstić information content (AvgIpc) is 3.88. The Bertz CT molecular complexity index is 1710. The molecule has 0 aromatic heterocycles. The molecule has 21 nitrogen and oxygen atoms in total. The number of nitrogens with zero attached hydrogens (tertiary/aromatic N) is 2. The summed E-state index contributed by atoms with van der Waals surface area (Å²) >= 11 is 0. The van der Waals surface area contributed by atoms with Gasteiger partial charge < -0.3 is 63.6 Å². The number of benzene rings is 1. The number of carboxylic acid groups (broad SMARTS) is 1. The standard InChI is InChI=1S/C38H57N9O12/c1-20(2)17-26(44-32(52)23(39)11-13-30(40)50)37(57)46-15-3-5-28(46)35(55)43-25(18-21-7-9-22(49)10-8-21)33(53)45-27(19-48)34(54)42-24(12-14-31(41)51)36(56)47-16-4-6-29(47)38(58)59/h7-10,20,23-29,48-49H,3-6,11-19,39H2,1-2H3,(H2,40,50)(H2,41,51)(H,42,54)(H,43,55)(H,44,52)(H,45,53)(H,58,59)/t23-,24-,25-,26-,27-,28-,29-/m0/s1. The van der Waals surface area contributed by atoms with E-state index in [0.29, 0.717) is 18.4 Å². The van der Waals surface area contributed by atoms with E-state index in [1.165, 1.54) is 29.2 Å². The van der Waals surface area contributed by atoms with Gasteiger partial charge in [-0.05, 0) is 68.6 Å². The summed E-state index contributed by atoms with van der Waals surface area (Å²) in [6, 6.07) is -3.29. The maximum absolute atomic E-state index is 14.0. The lowest BCUT2D eigenvalue weighted by molar-refractivity contribution is -0.149. The van der Waals surface area contributed by atoms with Gasteiger partial charge in [0, 0.05) is 32.4 Å². The van der Waals surface area contributed by atoms with E-state index in [-0.39, 0.29) is 76.1 Å². The minimum Gasteiger partial charge on any atom is -0.508 e. The third kappa shape index (κ3) is 14.2. The Kier molecular flexibility index (Phi) is 18.0. The van der Waals surface area contributed by atoms with Crippen LogP contribution in [0.3, 0.4) is 0 Å². The molecule has 0 aliphatic carbocycles. The third-order valence-corrected chi connectivity index (χ3v) is 10.1. The lowest BCUT2D eigenvalue weighted by Gasteiger charge is -2.31. The number of phenolic OH excluding ortho intramolecular Hbond substituents is 1. The van der Waals surface area contributed by atoms with Crippen molar-refractivity contribution in [2.75, 3.05) is 19.7 Å². The normalized spacial score (nSPS) is 18.9. The van der Waals surface area contributed by atoms with Crippen LogP contribution in [0.4, 0.5) is 0 Å². The molecule has 59 heavy (non-hydrogen) atoms. The van der Waals surface area contributed by atoms with Crippen LogP contribution in [0.25, 0.3) is 0 Å². The van der Waals surface area contributed by atoms with Crippen molar-refractivity contribution in [3.63, 3.8) is 0 Å². The fourth-order valence-electron chi connectivity index (χ4n) is 7.02. The first kappa shape index (κ1) is 47.5. The molecular weight excluding hydrogens is 774 g/mol. The van der Waals surface area contributed by atoms with Crippen LogP contribution in [-0.4, -0.2) is 140 Å². The molecule has 2 saturated heterocycles. The molecule has 0 radical (unpaired) electrons. The summed E-state index contributed by atoms with van der Waals surface area (Å²) in [5.74, 6) is -7.59. The molecule has 2 aliphatic heterocycles. The zero-order valence-corrected chi connectivity index (χ0v) is 33.3. The van der Waals surface area contributed by atoms with E-state index in [4.69, 9.17) is 17.2 Å². The number of aromatic hydroxyl groups is 1. The Balaban J connectivity index is 1.82. The van der Waals surface area contributed by atoms with Crippen LogP contribution in [0, 0.1) is 5.92 Å². The number of rotatable bonds is 22. The van der Waals surface area contributed by atoms with Gasteiger partial charge in [-0.25, -0.2) is 4.79 Å². The molecule has 2 heterocycles. The molecule has 1 aromatic carbocycles. The topological polar surface area (TPSA) is 347 Å². The van der Waals surface area contributed by atoms with Gasteiger partial charge in [-0.15, -0.1) is 0 Å². The highest BCUT2D eigenvalue weighted by Crippen LogP contribution is 2.22. The molecule has 3 rings (SSSR count). The largest absolute Gasteiger partial charge is 0.508 e. The minimum atomic E-state index is -1.70. The predicted molar refractivity (Wildman–Crippen MR) is 208 cm³/mol. The number of carboxylic acids is 1. The van der Waals surface area contributed by atoms with Gasteiger partial charge in [-0.2, -0.15) is 0 Å². The first-order valence-corrected chi connectivity index (χ1v) is 19.6. The van der Waals surface area contributed by atoms with E-state index < -0.39 is 102 Å². The summed E-state index contributed by atoms with van der Waals surface area (Å²) < 4.78 is 0. The highest BCUT2D eigenvalue weighted by Gasteiger charge is 2.41. The zero-order chi connectivity index (χ0) is 44.0. The molecule has 21 heteroatoms. The first-order valence-electron chi connectivity index (χ1n) is 19.6. The van der Waals surface area contributed by atoms with Gasteiger partial charge in [0.25, 0.3) is 0 Å². The number of carbonyl (C=O) groups excluding carboxylic acids is 8. The third-order valence-electron chi connectivity index (χ3n) is 10.1. The maximum Gasteiger partial charge on any atom is 0.326 e. The fraction of sp³-hybridized carbons (Fsp3) is 0.605.